The Bertz CT molecular complexity index is 554. The smallest absolute Gasteiger partial charge is 0.396 e. The third-order valence-corrected chi connectivity index (χ3v) is 32.1. The fourth-order valence-electron chi connectivity index (χ4n) is 2.53. The molecule has 0 atom stereocenters. The minimum atomic E-state index is -3.57. The summed E-state index contributed by atoms with van der Waals surface area (Å²) in [5.74, 6) is 0. The van der Waals surface area contributed by atoms with Crippen LogP contribution >= 0.6 is 11.1 Å². The van der Waals surface area contributed by atoms with Gasteiger partial charge in [-0.15, -0.1) is 11.1 Å². The molecule has 0 aromatic heterocycles. The van der Waals surface area contributed by atoms with Crippen LogP contribution in [-0.4, -0.2) is 41.6 Å². The molecule has 0 saturated heterocycles. The van der Waals surface area contributed by atoms with Gasteiger partial charge >= 0.3 is 9.05 Å². The van der Waals surface area contributed by atoms with Crippen LogP contribution < -0.4 is 0 Å². The molecule has 188 valence electrons. The van der Waals surface area contributed by atoms with Crippen molar-refractivity contribution >= 4 is 52.7 Å². The zero-order valence-electron chi connectivity index (χ0n) is 23.7. The fraction of sp³-hybridized carbons (Fsp3) is 1.00. The fourth-order valence-corrected chi connectivity index (χ4v) is 21.8. The molecule has 0 N–H and O–H groups in total. The summed E-state index contributed by atoms with van der Waals surface area (Å²) in [6.45, 7) is 37.7. The van der Waals surface area contributed by atoms with Gasteiger partial charge in [-0.05, 0) is 67.0 Å². The number of rotatable bonds is 10. The third kappa shape index (κ3) is 8.74. The van der Waals surface area contributed by atoms with Crippen molar-refractivity contribution < 1.29 is 16.5 Å². The van der Waals surface area contributed by atoms with Crippen LogP contribution in [0.2, 0.25) is 67.0 Å². The number of halogens is 1. The molecule has 10 heteroatoms. The zero-order valence-corrected chi connectivity index (χ0v) is 29.4. The molecule has 0 amide bonds. The molecule has 0 saturated carbocycles. The number of hydrogen-bond donors (Lipinski definition) is 0. The second-order valence-electron chi connectivity index (χ2n) is 13.5. The second-order valence-corrected chi connectivity index (χ2v) is 36.6. The zero-order chi connectivity index (χ0) is 25.5. The van der Waals surface area contributed by atoms with Crippen molar-refractivity contribution in [3.8, 4) is 0 Å². The second kappa shape index (κ2) is 10.1. The van der Waals surface area contributed by atoms with Crippen LogP contribution in [0.5, 0.6) is 0 Å². The molecule has 0 heterocycles. The lowest BCUT2D eigenvalue weighted by Gasteiger charge is -2.51. The Labute approximate surface area is 204 Å². The average Bonchev–Trinajstić information content (AvgIpc) is 2.40. The summed E-state index contributed by atoms with van der Waals surface area (Å²) in [7, 11) is -12.9. The highest BCUT2D eigenvalue weighted by atomic mass is 35.6. The first-order valence-electron chi connectivity index (χ1n) is 11.7. The SMILES string of the molecule is CC(C)[Si](Cl)(O[Si](O[Si](C)(C)C)(O[Si](C)(C)C(C)(C)C)O[Si](C)(C)C(C)(C)C)C(C)C. The summed E-state index contributed by atoms with van der Waals surface area (Å²) in [6.07, 6.45) is 0. The van der Waals surface area contributed by atoms with Crippen molar-refractivity contribution in [2.75, 3.05) is 0 Å². The molecule has 0 aliphatic heterocycles. The molecule has 4 nitrogen and oxygen atoms in total. The monoisotopic (exact) mass is 544 g/mol. The maximum absolute atomic E-state index is 7.37. The Morgan fingerprint density at radius 1 is 0.548 bits per heavy atom. The van der Waals surface area contributed by atoms with Gasteiger partial charge in [0.05, 0.1) is 0 Å². The first-order chi connectivity index (χ1) is 13.2. The van der Waals surface area contributed by atoms with Gasteiger partial charge < -0.3 is 16.5 Å². The van der Waals surface area contributed by atoms with Gasteiger partial charge in [-0.1, -0.05) is 69.2 Å². The lowest BCUT2D eigenvalue weighted by molar-refractivity contribution is 0.138. The molecule has 0 aliphatic rings. The molecule has 0 radical (unpaired) electrons. The molecule has 0 aliphatic carbocycles. The Hall–Kier alpha value is 1.21. The predicted octanol–water partition coefficient (Wildman–Crippen LogP) is 8.83. The molecule has 31 heavy (non-hydrogen) atoms. The minimum Gasteiger partial charge on any atom is -0.396 e. The van der Waals surface area contributed by atoms with Crippen molar-refractivity contribution in [1.29, 1.82) is 0 Å². The molecule has 0 spiro atoms. The molecule has 0 aromatic carbocycles. The van der Waals surface area contributed by atoms with Crippen LogP contribution in [0.3, 0.4) is 0 Å². The van der Waals surface area contributed by atoms with E-state index in [1.54, 1.807) is 0 Å². The van der Waals surface area contributed by atoms with E-state index in [0.717, 1.165) is 0 Å². The van der Waals surface area contributed by atoms with Gasteiger partial charge in [0.15, 0.2) is 25.0 Å². The average molecular weight is 546 g/mol. The molecule has 0 unspecified atom stereocenters. The summed E-state index contributed by atoms with van der Waals surface area (Å²) in [6, 6.07) is 0. The lowest BCUT2D eigenvalue weighted by atomic mass is 10.2. The lowest BCUT2D eigenvalue weighted by Crippen LogP contribution is -2.69. The molecular formula is C21H53ClO4Si5. The summed E-state index contributed by atoms with van der Waals surface area (Å²) in [5, 5.41) is 0.000775. The van der Waals surface area contributed by atoms with E-state index in [0.29, 0.717) is 0 Å². The first kappa shape index (κ1) is 32.2. The number of hydrogen-bond acceptors (Lipinski definition) is 4. The van der Waals surface area contributed by atoms with Gasteiger partial charge in [0.25, 0.3) is 7.63 Å². The van der Waals surface area contributed by atoms with E-state index in [-0.39, 0.29) is 21.2 Å². The minimum absolute atomic E-state index is 0.000387. The van der Waals surface area contributed by atoms with Crippen LogP contribution in [0.15, 0.2) is 0 Å². The predicted molar refractivity (Wildman–Crippen MR) is 150 cm³/mol. The third-order valence-electron chi connectivity index (χ3n) is 6.66. The molecule has 0 fully saturated rings. The standard InChI is InChI=1S/C21H53ClO4Si5/c1-18(2)30(22,19(3)4)26-31(23-27(11,12)13,24-28(14,15)20(5,6)7)25-29(16,17)21(8,9)10/h18-19H,1-17H3. The van der Waals surface area contributed by atoms with Gasteiger partial charge in [0.1, 0.15) is 0 Å². The van der Waals surface area contributed by atoms with Crippen molar-refractivity contribution in [1.82, 2.24) is 0 Å². The summed E-state index contributed by atoms with van der Waals surface area (Å²) < 4.78 is 28.2. The van der Waals surface area contributed by atoms with Crippen LogP contribution in [-0.2, 0) is 16.5 Å². The first-order valence-corrected chi connectivity index (χ1v) is 25.6. The highest BCUT2D eigenvalue weighted by molar-refractivity contribution is 7.20. The van der Waals surface area contributed by atoms with Gasteiger partial charge in [-0.25, -0.2) is 0 Å². The van der Waals surface area contributed by atoms with Gasteiger partial charge in [-0.2, -0.15) is 0 Å². The van der Waals surface area contributed by atoms with E-state index < -0.39 is 41.6 Å². The van der Waals surface area contributed by atoms with Crippen molar-refractivity contribution in [3.05, 3.63) is 0 Å². The Balaban J connectivity index is 6.92. The van der Waals surface area contributed by atoms with Gasteiger partial charge in [-0.3, -0.25) is 0 Å². The van der Waals surface area contributed by atoms with Crippen LogP contribution in [0.1, 0.15) is 69.2 Å². The normalized spacial score (nSPS) is 15.9. The van der Waals surface area contributed by atoms with E-state index in [4.69, 9.17) is 27.5 Å². The molecule has 0 rings (SSSR count). The van der Waals surface area contributed by atoms with Crippen molar-refractivity contribution in [2.24, 2.45) is 0 Å². The van der Waals surface area contributed by atoms with Gasteiger partial charge in [0, 0.05) is 0 Å². The summed E-state index contributed by atoms with van der Waals surface area (Å²) >= 11 is 7.37. The van der Waals surface area contributed by atoms with E-state index in [1.807, 2.05) is 0 Å². The van der Waals surface area contributed by atoms with Gasteiger partial charge in [0.2, 0.25) is 0 Å². The highest BCUT2D eigenvalue weighted by Gasteiger charge is 2.63. The highest BCUT2D eigenvalue weighted by Crippen LogP contribution is 2.47. The molecule has 0 aromatic rings. The molecule has 0 bridgehead atoms. The topological polar surface area (TPSA) is 36.9 Å². The Kier molecular flexibility index (Phi) is 10.5. The van der Waals surface area contributed by atoms with Crippen LogP contribution in [0.25, 0.3) is 0 Å². The summed E-state index contributed by atoms with van der Waals surface area (Å²) in [5.41, 5.74) is 0.412. The maximum atomic E-state index is 7.37. The maximum Gasteiger partial charge on any atom is 0.637 e. The summed E-state index contributed by atoms with van der Waals surface area (Å²) in [4.78, 5) is 0. The van der Waals surface area contributed by atoms with E-state index in [9.17, 15) is 0 Å². The van der Waals surface area contributed by atoms with Crippen molar-refractivity contribution in [2.45, 2.75) is 136 Å². The quantitative estimate of drug-likeness (QED) is 0.203. The largest absolute Gasteiger partial charge is 0.637 e. The van der Waals surface area contributed by atoms with E-state index in [2.05, 4.69) is 115 Å². The van der Waals surface area contributed by atoms with Crippen LogP contribution in [0, 0.1) is 0 Å². The van der Waals surface area contributed by atoms with E-state index >= 15 is 0 Å². The van der Waals surface area contributed by atoms with Crippen molar-refractivity contribution in [3.63, 3.8) is 0 Å². The van der Waals surface area contributed by atoms with E-state index in [1.165, 1.54) is 0 Å². The van der Waals surface area contributed by atoms with Crippen LogP contribution in [0.4, 0.5) is 0 Å². The molecular weight excluding hydrogens is 492 g/mol. The Morgan fingerprint density at radius 3 is 1.03 bits per heavy atom. The Morgan fingerprint density at radius 2 is 0.839 bits per heavy atom.